The van der Waals surface area contributed by atoms with Crippen molar-refractivity contribution in [2.45, 2.75) is 18.9 Å². The molecule has 1 aliphatic carbocycles. The van der Waals surface area contributed by atoms with Crippen molar-refractivity contribution in [1.82, 2.24) is 4.90 Å². The Kier molecular flexibility index (Phi) is 2.28. The molecule has 2 aliphatic rings. The first-order chi connectivity index (χ1) is 6.65. The van der Waals surface area contributed by atoms with E-state index in [1.807, 2.05) is 0 Å². The Morgan fingerprint density at radius 3 is 2.14 bits per heavy atom. The zero-order valence-corrected chi connectivity index (χ0v) is 7.72. The lowest BCUT2D eigenvalue weighted by Gasteiger charge is -2.24. The second kappa shape index (κ2) is 3.33. The normalized spacial score (nSPS) is 32.9. The van der Waals surface area contributed by atoms with Crippen LogP contribution in [0.5, 0.6) is 0 Å². The molecule has 2 fully saturated rings. The fourth-order valence-corrected chi connectivity index (χ4v) is 2.05. The van der Waals surface area contributed by atoms with E-state index in [-0.39, 0.29) is 30.2 Å². The van der Waals surface area contributed by atoms with Gasteiger partial charge in [0.05, 0.1) is 31.1 Å². The molecule has 0 bridgehead atoms. The molecule has 0 aromatic carbocycles. The minimum atomic E-state index is -1.01. The molecule has 2 amide bonds. The lowest BCUT2D eigenvalue weighted by atomic mass is 9.76. The van der Waals surface area contributed by atoms with Crippen LogP contribution in [0.3, 0.4) is 0 Å². The molecule has 0 spiro atoms. The first-order valence-electron chi connectivity index (χ1n) is 4.79. The average Bonchev–Trinajstić information content (AvgIpc) is 2.24. The number of carbonyl (C=O) groups is 2. The molecular weight excluding hydrogens is 186 g/mol. The van der Waals surface area contributed by atoms with Crippen LogP contribution in [0.2, 0.25) is 0 Å². The number of likely N-dealkylation sites (tertiary alicyclic amines) is 1. The van der Waals surface area contributed by atoms with Crippen LogP contribution < -0.4 is 0 Å². The third kappa shape index (κ3) is 1.24. The molecule has 5 nitrogen and oxygen atoms in total. The Bertz CT molecular complexity index is 256. The van der Waals surface area contributed by atoms with Gasteiger partial charge < -0.3 is 10.2 Å². The number of rotatable bonds is 3. The molecule has 0 aromatic heterocycles. The van der Waals surface area contributed by atoms with Crippen molar-refractivity contribution in [3.63, 3.8) is 0 Å². The van der Waals surface area contributed by atoms with Gasteiger partial charge in [-0.05, 0) is 12.8 Å². The zero-order valence-electron chi connectivity index (χ0n) is 7.72. The number of β-amino-alcohol motifs (C(OH)–C–C–N with tert-alkyl or cyclic N) is 1. The van der Waals surface area contributed by atoms with Gasteiger partial charge >= 0.3 is 0 Å². The van der Waals surface area contributed by atoms with Crippen LogP contribution in [-0.4, -0.2) is 46.2 Å². The third-order valence-corrected chi connectivity index (χ3v) is 3.04. The summed E-state index contributed by atoms with van der Waals surface area (Å²) in [5, 5.41) is 17.8. The van der Waals surface area contributed by atoms with E-state index >= 15 is 0 Å². The summed E-state index contributed by atoms with van der Waals surface area (Å²) in [6.07, 6.45) is 0.544. The molecule has 14 heavy (non-hydrogen) atoms. The van der Waals surface area contributed by atoms with Gasteiger partial charge in [0.2, 0.25) is 11.8 Å². The maximum Gasteiger partial charge on any atom is 0.233 e. The standard InChI is InChI=1S/C9H13NO4/c11-4-5(12)3-10-8(13)6-1-2-7(6)9(10)14/h5-7,11-12H,1-4H2. The molecule has 2 N–H and O–H groups in total. The quantitative estimate of drug-likeness (QED) is 0.556. The molecule has 2 rings (SSSR count). The van der Waals surface area contributed by atoms with E-state index in [4.69, 9.17) is 10.2 Å². The van der Waals surface area contributed by atoms with E-state index < -0.39 is 12.7 Å². The lowest BCUT2D eigenvalue weighted by molar-refractivity contribution is -0.141. The summed E-state index contributed by atoms with van der Waals surface area (Å²) in [5.41, 5.74) is 0. The number of hydrogen-bond donors (Lipinski definition) is 2. The molecule has 1 saturated heterocycles. The number of aliphatic hydroxyl groups excluding tert-OH is 2. The fourth-order valence-electron chi connectivity index (χ4n) is 2.05. The first kappa shape index (κ1) is 9.61. The number of hydrogen-bond acceptors (Lipinski definition) is 4. The lowest BCUT2D eigenvalue weighted by Crippen LogP contribution is -2.38. The van der Waals surface area contributed by atoms with Crippen molar-refractivity contribution in [2.24, 2.45) is 11.8 Å². The van der Waals surface area contributed by atoms with Gasteiger partial charge in [-0.15, -0.1) is 0 Å². The second-order valence-corrected chi connectivity index (χ2v) is 3.91. The molecule has 3 atom stereocenters. The SMILES string of the molecule is O=C1C2CCC2C(=O)N1CC(O)CO. The molecule has 78 valence electrons. The van der Waals surface area contributed by atoms with Gasteiger partial charge in [-0.25, -0.2) is 0 Å². The Morgan fingerprint density at radius 2 is 1.79 bits per heavy atom. The van der Waals surface area contributed by atoms with Crippen LogP contribution in [0.1, 0.15) is 12.8 Å². The topological polar surface area (TPSA) is 77.8 Å². The van der Waals surface area contributed by atoms with Gasteiger partial charge in [0.25, 0.3) is 0 Å². The summed E-state index contributed by atoms with van der Waals surface area (Å²) in [5.74, 6) is -0.653. The number of imide groups is 1. The highest BCUT2D eigenvalue weighted by Gasteiger charge is 2.52. The summed E-state index contributed by atoms with van der Waals surface area (Å²) in [6, 6.07) is 0. The highest BCUT2D eigenvalue weighted by molar-refractivity contribution is 6.06. The van der Waals surface area contributed by atoms with Gasteiger partial charge in [-0.3, -0.25) is 14.5 Å². The predicted octanol–water partition coefficient (Wildman–Crippen LogP) is -1.27. The summed E-state index contributed by atoms with van der Waals surface area (Å²) >= 11 is 0. The molecule has 0 radical (unpaired) electrons. The van der Waals surface area contributed by atoms with Crippen LogP contribution in [-0.2, 0) is 9.59 Å². The maximum atomic E-state index is 11.5. The molecular formula is C9H13NO4. The largest absolute Gasteiger partial charge is 0.394 e. The number of amides is 2. The van der Waals surface area contributed by atoms with Crippen LogP contribution >= 0.6 is 0 Å². The highest BCUT2D eigenvalue weighted by Crippen LogP contribution is 2.42. The summed E-state index contributed by atoms with van der Waals surface area (Å²) < 4.78 is 0. The minimum Gasteiger partial charge on any atom is -0.394 e. The van der Waals surface area contributed by atoms with Gasteiger partial charge in [-0.1, -0.05) is 0 Å². The number of fused-ring (bicyclic) bond motifs is 1. The van der Waals surface area contributed by atoms with E-state index in [0.717, 1.165) is 17.7 Å². The summed E-state index contributed by atoms with van der Waals surface area (Å²) in [4.78, 5) is 24.2. The monoisotopic (exact) mass is 199 g/mol. The number of nitrogens with zero attached hydrogens (tertiary/aromatic N) is 1. The Hall–Kier alpha value is -0.940. The first-order valence-corrected chi connectivity index (χ1v) is 4.79. The van der Waals surface area contributed by atoms with E-state index in [1.54, 1.807) is 0 Å². The average molecular weight is 199 g/mol. The van der Waals surface area contributed by atoms with Gasteiger partial charge in [-0.2, -0.15) is 0 Å². The Labute approximate surface area is 81.3 Å². The molecule has 1 saturated carbocycles. The fraction of sp³-hybridized carbons (Fsp3) is 0.778. The van der Waals surface area contributed by atoms with Crippen molar-refractivity contribution in [1.29, 1.82) is 0 Å². The van der Waals surface area contributed by atoms with Gasteiger partial charge in [0.1, 0.15) is 0 Å². The minimum absolute atomic E-state index is 0.0683. The van der Waals surface area contributed by atoms with Crippen molar-refractivity contribution in [3.05, 3.63) is 0 Å². The molecule has 1 aliphatic heterocycles. The van der Waals surface area contributed by atoms with Crippen LogP contribution in [0.25, 0.3) is 0 Å². The summed E-state index contributed by atoms with van der Waals surface area (Å²) in [7, 11) is 0. The van der Waals surface area contributed by atoms with Crippen LogP contribution in [0, 0.1) is 11.8 Å². The third-order valence-electron chi connectivity index (χ3n) is 3.04. The summed E-state index contributed by atoms with van der Waals surface area (Å²) in [6.45, 7) is -0.492. The Morgan fingerprint density at radius 1 is 1.29 bits per heavy atom. The van der Waals surface area contributed by atoms with Crippen molar-refractivity contribution in [2.75, 3.05) is 13.2 Å². The van der Waals surface area contributed by atoms with E-state index in [2.05, 4.69) is 0 Å². The van der Waals surface area contributed by atoms with Crippen LogP contribution in [0.15, 0.2) is 0 Å². The molecule has 1 heterocycles. The molecule has 3 unspecified atom stereocenters. The van der Waals surface area contributed by atoms with E-state index in [9.17, 15) is 9.59 Å². The number of aliphatic hydroxyl groups is 2. The van der Waals surface area contributed by atoms with Crippen molar-refractivity contribution < 1.29 is 19.8 Å². The maximum absolute atomic E-state index is 11.5. The molecule has 5 heteroatoms. The van der Waals surface area contributed by atoms with E-state index in [1.165, 1.54) is 0 Å². The number of carbonyl (C=O) groups excluding carboxylic acids is 2. The van der Waals surface area contributed by atoms with Gasteiger partial charge in [0, 0.05) is 0 Å². The van der Waals surface area contributed by atoms with E-state index in [0.29, 0.717) is 0 Å². The second-order valence-electron chi connectivity index (χ2n) is 3.91. The predicted molar refractivity (Wildman–Crippen MR) is 46.0 cm³/mol. The van der Waals surface area contributed by atoms with Crippen LogP contribution in [0.4, 0.5) is 0 Å². The van der Waals surface area contributed by atoms with Crippen molar-refractivity contribution >= 4 is 11.8 Å². The zero-order chi connectivity index (χ0) is 10.3. The smallest absolute Gasteiger partial charge is 0.233 e. The van der Waals surface area contributed by atoms with Gasteiger partial charge in [0.15, 0.2) is 0 Å². The molecule has 0 aromatic rings. The van der Waals surface area contributed by atoms with Crippen molar-refractivity contribution in [3.8, 4) is 0 Å². The highest BCUT2D eigenvalue weighted by atomic mass is 16.3. The Balaban J connectivity index is 2.04.